The molecule has 5 rings (SSSR count). The number of oxime groups is 1. The maximum absolute atomic E-state index is 14.0. The highest BCUT2D eigenvalue weighted by Gasteiger charge is 2.53. The Labute approximate surface area is 274 Å². The number of halogens is 4. The lowest BCUT2D eigenvalue weighted by molar-refractivity contribution is -0.384. The van der Waals surface area contributed by atoms with Crippen LogP contribution in [0.4, 0.5) is 28.4 Å². The third kappa shape index (κ3) is 7.77. The maximum atomic E-state index is 14.0. The summed E-state index contributed by atoms with van der Waals surface area (Å²) in [5.74, 6) is -4.70. The molecule has 1 saturated heterocycles. The van der Waals surface area contributed by atoms with E-state index in [4.69, 9.17) is 9.57 Å². The molecule has 3 heterocycles. The Morgan fingerprint density at radius 1 is 1.17 bits per heavy atom. The van der Waals surface area contributed by atoms with E-state index in [-0.39, 0.29) is 41.0 Å². The number of carbonyl (C=O) groups is 4. The molecule has 0 saturated carbocycles. The SMILES string of the molecule is O=C(/C=N/OCc1ccc(F)cc1-c1csc(NC(=O)C(F)(F)F)n1)NC1C(=O)N2C(C(=O)OCc3ccc([N+](=O)[O-])cc3)=CCSC12. The summed E-state index contributed by atoms with van der Waals surface area (Å²) in [7, 11) is 0. The van der Waals surface area contributed by atoms with Gasteiger partial charge in [0.15, 0.2) is 5.13 Å². The number of amides is 3. The second-order valence-corrected chi connectivity index (χ2v) is 11.8. The number of benzene rings is 2. The number of alkyl halides is 3. The molecule has 2 atom stereocenters. The lowest BCUT2D eigenvalue weighted by Crippen LogP contribution is -2.70. The summed E-state index contributed by atoms with van der Waals surface area (Å²) in [6, 6.07) is 7.90. The van der Waals surface area contributed by atoms with Gasteiger partial charge in [0.1, 0.15) is 42.4 Å². The lowest BCUT2D eigenvalue weighted by atomic mass is 10.1. The first-order chi connectivity index (χ1) is 22.8. The van der Waals surface area contributed by atoms with Crippen molar-refractivity contribution in [2.45, 2.75) is 30.8 Å². The molecule has 250 valence electrons. The second kappa shape index (κ2) is 14.2. The van der Waals surface area contributed by atoms with Gasteiger partial charge >= 0.3 is 18.1 Å². The highest BCUT2D eigenvalue weighted by Crippen LogP contribution is 2.38. The predicted molar refractivity (Wildman–Crippen MR) is 161 cm³/mol. The minimum Gasteiger partial charge on any atom is -0.456 e. The number of non-ortho nitro benzene ring substituents is 1. The molecule has 2 aliphatic rings. The molecule has 20 heteroatoms. The van der Waals surface area contributed by atoms with Crippen LogP contribution in [-0.4, -0.2) is 68.1 Å². The Kier molecular flexibility index (Phi) is 10.0. The number of fused-ring (bicyclic) bond motifs is 1. The monoisotopic (exact) mass is 708 g/mol. The molecule has 2 aliphatic heterocycles. The second-order valence-electron chi connectivity index (χ2n) is 9.81. The number of nitro benzene ring substituents is 1. The average Bonchev–Trinajstić information content (AvgIpc) is 3.52. The highest BCUT2D eigenvalue weighted by molar-refractivity contribution is 8.00. The molecular weight excluding hydrogens is 688 g/mol. The number of hydrogen-bond acceptors (Lipinski definition) is 12. The van der Waals surface area contributed by atoms with Gasteiger partial charge < -0.3 is 14.9 Å². The summed E-state index contributed by atoms with van der Waals surface area (Å²) >= 11 is 1.98. The van der Waals surface area contributed by atoms with Crippen LogP contribution in [0, 0.1) is 15.9 Å². The van der Waals surface area contributed by atoms with Crippen LogP contribution in [0.1, 0.15) is 11.1 Å². The van der Waals surface area contributed by atoms with Gasteiger partial charge in [0.25, 0.3) is 17.5 Å². The van der Waals surface area contributed by atoms with Gasteiger partial charge in [-0.2, -0.15) is 13.2 Å². The van der Waals surface area contributed by atoms with Crippen molar-refractivity contribution in [3.63, 3.8) is 0 Å². The summed E-state index contributed by atoms with van der Waals surface area (Å²) in [5, 5.41) is 18.8. The van der Waals surface area contributed by atoms with E-state index in [0.29, 0.717) is 28.2 Å². The molecule has 2 unspecified atom stereocenters. The Morgan fingerprint density at radius 2 is 1.92 bits per heavy atom. The summed E-state index contributed by atoms with van der Waals surface area (Å²) in [6.07, 6.45) is -2.85. The fraction of sp³-hybridized carbons (Fsp3) is 0.214. The summed E-state index contributed by atoms with van der Waals surface area (Å²) in [5.41, 5.74) is 0.877. The summed E-state index contributed by atoms with van der Waals surface area (Å²) < 4.78 is 56.9. The molecular formula is C28H20F4N6O8S2. The van der Waals surface area contributed by atoms with E-state index in [1.54, 1.807) is 5.32 Å². The first-order valence-corrected chi connectivity index (χ1v) is 15.4. The number of nitrogens with zero attached hydrogens (tertiary/aromatic N) is 4. The van der Waals surface area contributed by atoms with Gasteiger partial charge in [-0.15, -0.1) is 23.1 Å². The van der Waals surface area contributed by atoms with Gasteiger partial charge in [-0.05, 0) is 35.9 Å². The largest absolute Gasteiger partial charge is 0.471 e. The quantitative estimate of drug-likeness (QED) is 0.0741. The lowest BCUT2D eigenvalue weighted by Gasteiger charge is -2.48. The molecule has 14 nitrogen and oxygen atoms in total. The van der Waals surface area contributed by atoms with Gasteiger partial charge in [0.05, 0.1) is 10.6 Å². The van der Waals surface area contributed by atoms with Crippen LogP contribution >= 0.6 is 23.1 Å². The molecule has 3 amide bonds. The standard InChI is InChI=1S/C28H20F4N6O8S2/c29-16-4-3-15(18(9-16)19-13-48-27(34-19)36-26(42)28(30,31)32)12-46-33-10-21(39)35-22-23(40)37-20(7-8-47-24(22)37)25(41)45-11-14-1-5-17(6-2-14)38(43)44/h1-7,9-10,13,22,24H,8,11-12H2,(H,35,39)(H,34,36,42)/b33-10+. The van der Waals surface area contributed by atoms with Crippen LogP contribution in [0.5, 0.6) is 0 Å². The number of rotatable bonds is 11. The Balaban J connectivity index is 1.12. The number of nitro groups is 1. The van der Waals surface area contributed by atoms with Crippen molar-refractivity contribution in [3.8, 4) is 11.3 Å². The van der Waals surface area contributed by atoms with E-state index in [9.17, 15) is 46.9 Å². The molecule has 1 fully saturated rings. The number of carbonyl (C=O) groups excluding carboxylic acids is 4. The smallest absolute Gasteiger partial charge is 0.456 e. The third-order valence-corrected chi connectivity index (χ3v) is 8.61. The van der Waals surface area contributed by atoms with Gasteiger partial charge in [0, 0.05) is 34.4 Å². The number of nitrogens with one attached hydrogen (secondary N) is 2. The van der Waals surface area contributed by atoms with Crippen molar-refractivity contribution in [1.82, 2.24) is 15.2 Å². The number of anilines is 1. The van der Waals surface area contributed by atoms with Crippen molar-refractivity contribution in [2.24, 2.45) is 5.16 Å². The van der Waals surface area contributed by atoms with Crippen molar-refractivity contribution < 1.29 is 51.2 Å². The molecule has 2 N–H and O–H groups in total. The normalized spacial score (nSPS) is 17.2. The van der Waals surface area contributed by atoms with E-state index in [1.807, 2.05) is 0 Å². The molecule has 2 aromatic carbocycles. The predicted octanol–water partition coefficient (Wildman–Crippen LogP) is 3.89. The van der Waals surface area contributed by atoms with Crippen LogP contribution < -0.4 is 10.6 Å². The van der Waals surface area contributed by atoms with E-state index < -0.39 is 52.0 Å². The van der Waals surface area contributed by atoms with Gasteiger partial charge in [-0.25, -0.2) is 14.2 Å². The van der Waals surface area contributed by atoms with Crippen LogP contribution in [0.3, 0.4) is 0 Å². The van der Waals surface area contributed by atoms with Gasteiger partial charge in [0.2, 0.25) is 0 Å². The Hall–Kier alpha value is -5.37. The molecule has 0 radical (unpaired) electrons. The Morgan fingerprint density at radius 3 is 2.62 bits per heavy atom. The first kappa shape index (κ1) is 34.0. The van der Waals surface area contributed by atoms with Crippen LogP contribution in [0.2, 0.25) is 0 Å². The van der Waals surface area contributed by atoms with E-state index in [1.165, 1.54) is 58.4 Å². The minimum absolute atomic E-state index is 0.00164. The van der Waals surface area contributed by atoms with E-state index in [2.05, 4.69) is 15.5 Å². The van der Waals surface area contributed by atoms with Gasteiger partial charge in [-0.1, -0.05) is 11.2 Å². The zero-order valence-electron chi connectivity index (χ0n) is 23.9. The van der Waals surface area contributed by atoms with Crippen LogP contribution in [0.15, 0.2) is 64.8 Å². The Bertz CT molecular complexity index is 1830. The number of β-lactam (4-membered cyclic amide) rings is 1. The summed E-state index contributed by atoms with van der Waals surface area (Å²) in [6.45, 7) is -0.499. The van der Waals surface area contributed by atoms with Crippen LogP contribution in [-0.2, 0) is 42.0 Å². The number of ether oxygens (including phenoxy) is 1. The van der Waals surface area contributed by atoms with E-state index >= 15 is 0 Å². The first-order valence-electron chi connectivity index (χ1n) is 13.5. The molecule has 48 heavy (non-hydrogen) atoms. The van der Waals surface area contributed by atoms with Crippen molar-refractivity contribution in [3.05, 3.63) is 86.7 Å². The number of esters is 1. The number of hydrogen-bond donors (Lipinski definition) is 2. The third-order valence-electron chi connectivity index (χ3n) is 6.66. The number of thiazole rings is 1. The van der Waals surface area contributed by atoms with Crippen LogP contribution in [0.25, 0.3) is 11.3 Å². The number of thioether (sulfide) groups is 1. The van der Waals surface area contributed by atoms with Crippen molar-refractivity contribution in [1.29, 1.82) is 0 Å². The van der Waals surface area contributed by atoms with Gasteiger partial charge in [-0.3, -0.25) is 34.7 Å². The summed E-state index contributed by atoms with van der Waals surface area (Å²) in [4.78, 5) is 69.7. The zero-order chi connectivity index (χ0) is 34.6. The number of aromatic nitrogens is 1. The topological polar surface area (TPSA) is 182 Å². The fourth-order valence-electron chi connectivity index (χ4n) is 4.38. The molecule has 0 bridgehead atoms. The minimum atomic E-state index is -5.12. The highest BCUT2D eigenvalue weighted by atomic mass is 32.2. The fourth-order valence-corrected chi connectivity index (χ4v) is 6.28. The molecule has 1 aromatic heterocycles. The van der Waals surface area contributed by atoms with Crippen molar-refractivity contribution in [2.75, 3.05) is 11.1 Å². The van der Waals surface area contributed by atoms with E-state index in [0.717, 1.165) is 18.3 Å². The maximum Gasteiger partial charge on any atom is 0.471 e. The van der Waals surface area contributed by atoms with Crippen molar-refractivity contribution >= 4 is 63.8 Å². The average molecular weight is 709 g/mol. The molecule has 0 aliphatic carbocycles. The molecule has 0 spiro atoms. The molecule has 3 aromatic rings. The zero-order valence-corrected chi connectivity index (χ0v) is 25.6.